The fraction of sp³-hybridized carbons (Fsp3) is 0.0833. The molecule has 0 saturated carbocycles. The van der Waals surface area contributed by atoms with Gasteiger partial charge in [-0.25, -0.2) is 4.98 Å². The standard InChI is InChI=1S/C12H11N5S/c1-14-10-7-4-5-8(9-3-2-6-18-9)15-11(7)17-12(13)16-10/h2-6H,1H3,(H3,13,14,15,16,17). The van der Waals surface area contributed by atoms with Crippen LogP contribution in [0.5, 0.6) is 0 Å². The van der Waals surface area contributed by atoms with E-state index in [1.54, 1.807) is 18.4 Å². The Hall–Kier alpha value is -2.21. The Bertz CT molecular complexity index is 693. The fourth-order valence-corrected chi connectivity index (χ4v) is 2.47. The molecule has 6 heteroatoms. The van der Waals surface area contributed by atoms with Gasteiger partial charge in [0.05, 0.1) is 16.0 Å². The second kappa shape index (κ2) is 4.23. The van der Waals surface area contributed by atoms with Gasteiger partial charge in [-0.1, -0.05) is 6.07 Å². The van der Waals surface area contributed by atoms with Crippen molar-refractivity contribution in [3.63, 3.8) is 0 Å². The van der Waals surface area contributed by atoms with Crippen LogP contribution in [0.2, 0.25) is 0 Å². The second-order valence-corrected chi connectivity index (χ2v) is 4.67. The van der Waals surface area contributed by atoms with Crippen molar-refractivity contribution in [2.24, 2.45) is 0 Å². The Morgan fingerprint density at radius 1 is 1.17 bits per heavy atom. The van der Waals surface area contributed by atoms with E-state index < -0.39 is 0 Å². The van der Waals surface area contributed by atoms with Gasteiger partial charge in [0.1, 0.15) is 5.82 Å². The third-order valence-electron chi connectivity index (χ3n) is 2.59. The molecule has 90 valence electrons. The van der Waals surface area contributed by atoms with Crippen molar-refractivity contribution >= 4 is 34.1 Å². The lowest BCUT2D eigenvalue weighted by Gasteiger charge is -2.06. The summed E-state index contributed by atoms with van der Waals surface area (Å²) in [4.78, 5) is 13.9. The third kappa shape index (κ3) is 1.76. The van der Waals surface area contributed by atoms with Crippen LogP contribution in [0.1, 0.15) is 0 Å². The topological polar surface area (TPSA) is 76.7 Å². The van der Waals surface area contributed by atoms with Gasteiger partial charge < -0.3 is 11.1 Å². The molecule has 3 rings (SSSR count). The number of anilines is 2. The highest BCUT2D eigenvalue weighted by molar-refractivity contribution is 7.13. The molecular weight excluding hydrogens is 246 g/mol. The number of nitrogen functional groups attached to an aromatic ring is 1. The first-order valence-corrected chi connectivity index (χ1v) is 6.32. The average molecular weight is 257 g/mol. The summed E-state index contributed by atoms with van der Waals surface area (Å²) >= 11 is 1.65. The smallest absolute Gasteiger partial charge is 0.224 e. The maximum atomic E-state index is 5.67. The molecule has 3 aromatic rings. The molecule has 3 aromatic heterocycles. The van der Waals surface area contributed by atoms with Gasteiger partial charge in [-0.15, -0.1) is 11.3 Å². The Labute approximate surface area is 108 Å². The van der Waals surface area contributed by atoms with E-state index in [2.05, 4.69) is 20.3 Å². The van der Waals surface area contributed by atoms with Gasteiger partial charge in [-0.2, -0.15) is 9.97 Å². The molecule has 5 nitrogen and oxygen atoms in total. The fourth-order valence-electron chi connectivity index (χ4n) is 1.78. The Morgan fingerprint density at radius 2 is 2.06 bits per heavy atom. The van der Waals surface area contributed by atoms with Crippen LogP contribution >= 0.6 is 11.3 Å². The van der Waals surface area contributed by atoms with Crippen LogP contribution in [-0.4, -0.2) is 22.0 Å². The minimum atomic E-state index is 0.225. The molecule has 0 unspecified atom stereocenters. The van der Waals surface area contributed by atoms with Crippen molar-refractivity contribution < 1.29 is 0 Å². The number of nitrogens with zero attached hydrogens (tertiary/aromatic N) is 3. The summed E-state index contributed by atoms with van der Waals surface area (Å²) in [5, 5.41) is 5.89. The Balaban J connectivity index is 2.24. The zero-order valence-corrected chi connectivity index (χ0v) is 10.5. The first kappa shape index (κ1) is 10.9. The maximum Gasteiger partial charge on any atom is 0.224 e. The van der Waals surface area contributed by atoms with E-state index in [9.17, 15) is 0 Å². The monoisotopic (exact) mass is 257 g/mol. The quantitative estimate of drug-likeness (QED) is 0.737. The number of pyridine rings is 1. The molecule has 3 N–H and O–H groups in total. The first-order valence-electron chi connectivity index (χ1n) is 5.44. The highest BCUT2D eigenvalue weighted by Crippen LogP contribution is 2.26. The second-order valence-electron chi connectivity index (χ2n) is 3.73. The highest BCUT2D eigenvalue weighted by Gasteiger charge is 2.08. The van der Waals surface area contributed by atoms with Crippen molar-refractivity contribution in [1.29, 1.82) is 0 Å². The maximum absolute atomic E-state index is 5.67. The molecule has 0 amide bonds. The summed E-state index contributed by atoms with van der Waals surface area (Å²) in [5.74, 6) is 0.922. The third-order valence-corrected chi connectivity index (χ3v) is 3.48. The van der Waals surface area contributed by atoms with Crippen molar-refractivity contribution in [2.45, 2.75) is 0 Å². The van der Waals surface area contributed by atoms with Gasteiger partial charge in [0, 0.05) is 7.05 Å². The lowest BCUT2D eigenvalue weighted by molar-refractivity contribution is 1.19. The first-order chi connectivity index (χ1) is 8.78. The molecule has 0 radical (unpaired) electrons. The van der Waals surface area contributed by atoms with E-state index in [0.29, 0.717) is 11.5 Å². The van der Waals surface area contributed by atoms with Gasteiger partial charge in [0.15, 0.2) is 5.65 Å². The van der Waals surface area contributed by atoms with Crippen molar-refractivity contribution in [3.8, 4) is 10.6 Å². The summed E-state index contributed by atoms with van der Waals surface area (Å²) in [5.41, 5.74) is 7.18. The van der Waals surface area contributed by atoms with E-state index in [1.807, 2.05) is 29.6 Å². The van der Waals surface area contributed by atoms with Gasteiger partial charge >= 0.3 is 0 Å². The molecule has 0 bridgehead atoms. The normalized spacial score (nSPS) is 10.7. The summed E-state index contributed by atoms with van der Waals surface area (Å²) < 4.78 is 0. The highest BCUT2D eigenvalue weighted by atomic mass is 32.1. The summed E-state index contributed by atoms with van der Waals surface area (Å²) in [6, 6.07) is 7.96. The zero-order valence-electron chi connectivity index (χ0n) is 9.71. The molecule has 3 heterocycles. The zero-order chi connectivity index (χ0) is 12.5. The van der Waals surface area contributed by atoms with Crippen molar-refractivity contribution in [1.82, 2.24) is 15.0 Å². The molecule has 18 heavy (non-hydrogen) atoms. The van der Waals surface area contributed by atoms with E-state index in [0.717, 1.165) is 16.0 Å². The van der Waals surface area contributed by atoms with E-state index in [-0.39, 0.29) is 5.95 Å². The van der Waals surface area contributed by atoms with Crippen molar-refractivity contribution in [3.05, 3.63) is 29.6 Å². The van der Waals surface area contributed by atoms with Gasteiger partial charge in [0.2, 0.25) is 5.95 Å². The van der Waals surface area contributed by atoms with E-state index in [1.165, 1.54) is 0 Å². The molecular formula is C12H11N5S. The predicted molar refractivity (Wildman–Crippen MR) is 74.6 cm³/mol. The van der Waals surface area contributed by atoms with Crippen LogP contribution in [-0.2, 0) is 0 Å². The molecule has 0 saturated heterocycles. The summed E-state index contributed by atoms with van der Waals surface area (Å²) in [6.07, 6.45) is 0. The van der Waals surface area contributed by atoms with Crippen LogP contribution in [0, 0.1) is 0 Å². The lowest BCUT2D eigenvalue weighted by Crippen LogP contribution is -2.02. The lowest BCUT2D eigenvalue weighted by atomic mass is 10.2. The number of fused-ring (bicyclic) bond motifs is 1. The van der Waals surface area contributed by atoms with Crippen LogP contribution in [0.25, 0.3) is 21.6 Å². The average Bonchev–Trinajstić information content (AvgIpc) is 2.90. The van der Waals surface area contributed by atoms with Crippen LogP contribution in [0.4, 0.5) is 11.8 Å². The Morgan fingerprint density at radius 3 is 2.78 bits per heavy atom. The number of aromatic nitrogens is 3. The van der Waals surface area contributed by atoms with E-state index >= 15 is 0 Å². The molecule has 0 aromatic carbocycles. The molecule has 0 aliphatic heterocycles. The molecule has 0 aliphatic carbocycles. The molecule has 0 aliphatic rings. The minimum Gasteiger partial charge on any atom is -0.372 e. The van der Waals surface area contributed by atoms with Crippen LogP contribution in [0.3, 0.4) is 0 Å². The number of thiophene rings is 1. The van der Waals surface area contributed by atoms with Crippen molar-refractivity contribution in [2.75, 3.05) is 18.1 Å². The van der Waals surface area contributed by atoms with Crippen LogP contribution in [0.15, 0.2) is 29.6 Å². The number of nitrogens with two attached hydrogens (primary N) is 1. The molecule has 0 atom stereocenters. The van der Waals surface area contributed by atoms with E-state index in [4.69, 9.17) is 5.73 Å². The van der Waals surface area contributed by atoms with Crippen LogP contribution < -0.4 is 11.1 Å². The molecule has 0 spiro atoms. The minimum absolute atomic E-state index is 0.225. The Kier molecular flexibility index (Phi) is 2.56. The SMILES string of the molecule is CNc1nc(N)nc2nc(-c3cccs3)ccc12. The van der Waals surface area contributed by atoms with Gasteiger partial charge in [0.25, 0.3) is 0 Å². The van der Waals surface area contributed by atoms with Gasteiger partial charge in [-0.05, 0) is 23.6 Å². The number of rotatable bonds is 2. The predicted octanol–water partition coefficient (Wildman–Crippen LogP) is 2.38. The number of nitrogens with one attached hydrogen (secondary N) is 1. The molecule has 0 fully saturated rings. The largest absolute Gasteiger partial charge is 0.372 e. The summed E-state index contributed by atoms with van der Waals surface area (Å²) in [6.45, 7) is 0. The van der Waals surface area contributed by atoms with Gasteiger partial charge in [-0.3, -0.25) is 0 Å². The number of hydrogen-bond donors (Lipinski definition) is 2. The number of hydrogen-bond acceptors (Lipinski definition) is 6. The summed E-state index contributed by atoms with van der Waals surface area (Å²) in [7, 11) is 1.80.